The Morgan fingerprint density at radius 3 is 2.28 bits per heavy atom. The van der Waals surface area contributed by atoms with Gasteiger partial charge in [0.15, 0.2) is 0 Å². The maximum Gasteiger partial charge on any atom is 0.408 e. The summed E-state index contributed by atoms with van der Waals surface area (Å²) < 4.78 is 10.6. The quantitative estimate of drug-likeness (QED) is 0.748. The van der Waals surface area contributed by atoms with E-state index >= 15 is 0 Å². The predicted octanol–water partition coefficient (Wildman–Crippen LogP) is 2.69. The number of amides is 2. The van der Waals surface area contributed by atoms with Crippen LogP contribution >= 0.6 is 0 Å². The van der Waals surface area contributed by atoms with Gasteiger partial charge in [-0.3, -0.25) is 14.5 Å². The fourth-order valence-corrected chi connectivity index (χ4v) is 3.01. The first-order chi connectivity index (χ1) is 13.3. The van der Waals surface area contributed by atoms with Crippen molar-refractivity contribution in [3.05, 3.63) is 29.8 Å². The fourth-order valence-electron chi connectivity index (χ4n) is 3.01. The second kappa shape index (κ2) is 8.41. The lowest BCUT2D eigenvalue weighted by Gasteiger charge is -2.28. The molecule has 0 spiro atoms. The number of aliphatic hydroxyl groups excluding tert-OH is 1. The van der Waals surface area contributed by atoms with E-state index in [0.717, 1.165) is 0 Å². The second-order valence-corrected chi connectivity index (χ2v) is 9.02. The topological polar surface area (TPSA) is 105 Å². The molecule has 0 radical (unpaired) electrons. The van der Waals surface area contributed by atoms with Crippen LogP contribution in [0, 0.1) is 0 Å². The molecule has 1 aromatic carbocycles. The molecule has 1 aromatic rings. The molecule has 2 N–H and O–H groups in total. The summed E-state index contributed by atoms with van der Waals surface area (Å²) in [4.78, 5) is 39.0. The molecule has 160 valence electrons. The Bertz CT molecular complexity index is 778. The van der Waals surface area contributed by atoms with Crippen LogP contribution in [-0.4, -0.2) is 46.9 Å². The van der Waals surface area contributed by atoms with E-state index in [1.54, 1.807) is 65.8 Å². The van der Waals surface area contributed by atoms with Gasteiger partial charge in [-0.1, -0.05) is 18.2 Å². The maximum absolute atomic E-state index is 13.2. The summed E-state index contributed by atoms with van der Waals surface area (Å²) in [7, 11) is 0. The van der Waals surface area contributed by atoms with Crippen LogP contribution < -0.4 is 10.2 Å². The van der Waals surface area contributed by atoms with E-state index in [-0.39, 0.29) is 13.0 Å². The number of hydrogen-bond acceptors (Lipinski definition) is 6. The Hall–Kier alpha value is -2.61. The molecule has 1 heterocycles. The number of nitrogens with one attached hydrogen (secondary N) is 1. The summed E-state index contributed by atoms with van der Waals surface area (Å²) in [5, 5.41) is 13.1. The standard InChI is InChI=1S/C21H30N2O6/c1-20(2,3)28-17(25)12-23-15-10-8-7-9-13(15)16(24)11-14(18(23)26)22-19(27)29-21(4,5)6/h7-10,14,16,24H,11-12H2,1-6H3,(H,22,27)/t14-,16+/m0/s1. The first-order valence-corrected chi connectivity index (χ1v) is 9.56. The Morgan fingerprint density at radius 1 is 1.10 bits per heavy atom. The van der Waals surface area contributed by atoms with Crippen molar-refractivity contribution in [3.63, 3.8) is 0 Å². The van der Waals surface area contributed by atoms with Crippen LogP contribution in [0.15, 0.2) is 24.3 Å². The van der Waals surface area contributed by atoms with Crippen molar-refractivity contribution in [3.8, 4) is 0 Å². The number of alkyl carbamates (subject to hydrolysis) is 1. The van der Waals surface area contributed by atoms with Crippen LogP contribution in [0.1, 0.15) is 59.6 Å². The average Bonchev–Trinajstić information content (AvgIpc) is 2.63. The molecule has 0 aromatic heterocycles. The molecule has 8 nitrogen and oxygen atoms in total. The van der Waals surface area contributed by atoms with Crippen molar-refractivity contribution >= 4 is 23.7 Å². The van der Waals surface area contributed by atoms with Gasteiger partial charge in [-0.05, 0) is 47.6 Å². The maximum atomic E-state index is 13.2. The van der Waals surface area contributed by atoms with Crippen molar-refractivity contribution in [2.24, 2.45) is 0 Å². The van der Waals surface area contributed by atoms with Crippen LogP contribution in [0.2, 0.25) is 0 Å². The van der Waals surface area contributed by atoms with Crippen molar-refractivity contribution < 1.29 is 29.0 Å². The van der Waals surface area contributed by atoms with Crippen molar-refractivity contribution in [1.29, 1.82) is 0 Å². The number of nitrogens with zero attached hydrogens (tertiary/aromatic N) is 1. The summed E-state index contributed by atoms with van der Waals surface area (Å²) in [6, 6.07) is 5.72. The van der Waals surface area contributed by atoms with Gasteiger partial charge in [-0.2, -0.15) is 0 Å². The molecule has 1 aliphatic rings. The average molecular weight is 406 g/mol. The highest BCUT2D eigenvalue weighted by Gasteiger charge is 2.37. The van der Waals surface area contributed by atoms with Gasteiger partial charge in [0.2, 0.25) is 5.91 Å². The van der Waals surface area contributed by atoms with Gasteiger partial charge in [0.25, 0.3) is 0 Å². The molecular formula is C21H30N2O6. The summed E-state index contributed by atoms with van der Waals surface area (Å²) in [5.41, 5.74) is -0.545. The molecule has 0 aliphatic carbocycles. The zero-order chi connectivity index (χ0) is 22.0. The first kappa shape index (κ1) is 22.7. The van der Waals surface area contributed by atoms with E-state index in [9.17, 15) is 19.5 Å². The SMILES string of the molecule is CC(C)(C)OC(=O)CN1C(=O)[C@@H](NC(=O)OC(C)(C)C)C[C@@H](O)c2ccccc21. The van der Waals surface area contributed by atoms with Crippen molar-refractivity contribution in [2.45, 2.75) is 71.3 Å². The molecular weight excluding hydrogens is 376 g/mol. The highest BCUT2D eigenvalue weighted by molar-refractivity contribution is 6.03. The number of fused-ring (bicyclic) bond motifs is 1. The number of anilines is 1. The number of benzene rings is 1. The number of carbonyl (C=O) groups excluding carboxylic acids is 3. The smallest absolute Gasteiger partial charge is 0.408 e. The Labute approximate surface area is 171 Å². The Kier molecular flexibility index (Phi) is 6.57. The number of ether oxygens (including phenoxy) is 2. The highest BCUT2D eigenvalue weighted by Crippen LogP contribution is 2.33. The highest BCUT2D eigenvalue weighted by atomic mass is 16.6. The van der Waals surface area contributed by atoms with Crippen LogP contribution in [0.3, 0.4) is 0 Å². The van der Waals surface area contributed by atoms with Crippen LogP contribution in [0.25, 0.3) is 0 Å². The van der Waals surface area contributed by atoms with Crippen LogP contribution in [0.4, 0.5) is 10.5 Å². The molecule has 0 saturated heterocycles. The van der Waals surface area contributed by atoms with E-state index in [2.05, 4.69) is 5.32 Å². The number of para-hydroxylation sites is 1. The molecule has 1 aliphatic heterocycles. The van der Waals surface area contributed by atoms with E-state index < -0.39 is 41.3 Å². The van der Waals surface area contributed by atoms with E-state index in [1.165, 1.54) is 4.90 Å². The molecule has 0 unspecified atom stereocenters. The van der Waals surface area contributed by atoms with Gasteiger partial charge >= 0.3 is 12.1 Å². The largest absolute Gasteiger partial charge is 0.459 e. The number of rotatable bonds is 3. The third-order valence-corrected chi connectivity index (χ3v) is 4.01. The number of esters is 1. The Balaban J connectivity index is 2.32. The van der Waals surface area contributed by atoms with Gasteiger partial charge in [0.1, 0.15) is 23.8 Å². The zero-order valence-corrected chi connectivity index (χ0v) is 17.8. The number of hydrogen-bond donors (Lipinski definition) is 2. The van der Waals surface area contributed by atoms with Gasteiger partial charge in [0, 0.05) is 12.0 Å². The van der Waals surface area contributed by atoms with E-state index in [4.69, 9.17) is 9.47 Å². The minimum atomic E-state index is -1.06. The van der Waals surface area contributed by atoms with Gasteiger partial charge in [-0.15, -0.1) is 0 Å². The molecule has 0 saturated carbocycles. The number of carbonyl (C=O) groups is 3. The molecule has 2 rings (SSSR count). The van der Waals surface area contributed by atoms with Gasteiger partial charge in [0.05, 0.1) is 11.8 Å². The van der Waals surface area contributed by atoms with E-state index in [0.29, 0.717) is 11.3 Å². The third-order valence-electron chi connectivity index (χ3n) is 4.01. The fraction of sp³-hybridized carbons (Fsp3) is 0.571. The van der Waals surface area contributed by atoms with Crippen LogP contribution in [-0.2, 0) is 19.1 Å². The lowest BCUT2D eigenvalue weighted by Crippen LogP contribution is -2.51. The molecule has 2 amide bonds. The lowest BCUT2D eigenvalue weighted by atomic mass is 10.0. The molecule has 2 atom stereocenters. The third kappa shape index (κ3) is 6.45. The molecule has 0 fully saturated rings. The normalized spacial score (nSPS) is 19.8. The summed E-state index contributed by atoms with van der Waals surface area (Å²) in [5.74, 6) is -1.11. The van der Waals surface area contributed by atoms with Crippen molar-refractivity contribution in [2.75, 3.05) is 11.4 Å². The molecule has 0 bridgehead atoms. The predicted molar refractivity (Wildman–Crippen MR) is 107 cm³/mol. The van der Waals surface area contributed by atoms with Crippen LogP contribution in [0.5, 0.6) is 0 Å². The van der Waals surface area contributed by atoms with Crippen molar-refractivity contribution in [1.82, 2.24) is 5.32 Å². The minimum absolute atomic E-state index is 0.0418. The lowest BCUT2D eigenvalue weighted by molar-refractivity contribution is -0.153. The summed E-state index contributed by atoms with van der Waals surface area (Å²) in [6.45, 7) is 9.99. The van der Waals surface area contributed by atoms with Gasteiger partial charge in [-0.25, -0.2) is 4.79 Å². The summed E-state index contributed by atoms with van der Waals surface area (Å²) >= 11 is 0. The zero-order valence-electron chi connectivity index (χ0n) is 17.8. The molecule has 8 heteroatoms. The number of aliphatic hydroxyl groups is 1. The summed E-state index contributed by atoms with van der Waals surface area (Å²) in [6.07, 6.45) is -1.81. The van der Waals surface area contributed by atoms with E-state index in [1.807, 2.05) is 0 Å². The first-order valence-electron chi connectivity index (χ1n) is 9.56. The van der Waals surface area contributed by atoms with Gasteiger partial charge < -0.3 is 19.9 Å². The minimum Gasteiger partial charge on any atom is -0.459 e. The molecule has 29 heavy (non-hydrogen) atoms. The Morgan fingerprint density at radius 2 is 1.69 bits per heavy atom. The monoisotopic (exact) mass is 406 g/mol. The second-order valence-electron chi connectivity index (χ2n) is 9.02.